The van der Waals surface area contributed by atoms with Gasteiger partial charge in [0, 0.05) is 65.2 Å². The van der Waals surface area contributed by atoms with Crippen molar-refractivity contribution in [2.24, 2.45) is 0 Å². The number of fused-ring (bicyclic) bond motifs is 38. The van der Waals surface area contributed by atoms with Gasteiger partial charge in [-0.25, -0.2) is 0 Å². The van der Waals surface area contributed by atoms with Gasteiger partial charge in [0.15, 0.2) is 0 Å². The molecular weight excluding hydrogens is 1740 g/mol. The Morgan fingerprint density at radius 1 is 0.145 bits per heavy atom. The zero-order valence-corrected chi connectivity index (χ0v) is 88.4. The molecule has 9 aliphatic rings. The van der Waals surface area contributed by atoms with E-state index in [4.69, 9.17) is 0 Å². The molecule has 0 saturated carbocycles. The first kappa shape index (κ1) is 90.3. The molecule has 20 aromatic carbocycles. The second-order valence-corrected chi connectivity index (χ2v) is 48.5. The first-order valence-electron chi connectivity index (χ1n) is 52.8. The average molecular weight is 1870 g/mol. The molecule has 0 radical (unpaired) electrons. The van der Waals surface area contributed by atoms with E-state index >= 15 is 0 Å². The molecule has 1 heterocycles. The zero-order chi connectivity index (χ0) is 100. The van der Waals surface area contributed by atoms with Gasteiger partial charge >= 0.3 is 0 Å². The van der Waals surface area contributed by atoms with Crippen LogP contribution in [0.1, 0.15) is 253 Å². The van der Waals surface area contributed by atoms with Crippen molar-refractivity contribution < 1.29 is 0 Å². The predicted molar refractivity (Wildman–Crippen MR) is 618 cm³/mol. The molecule has 1 heteroatoms. The summed E-state index contributed by atoms with van der Waals surface area (Å²) in [5, 5.41) is 13.6. The van der Waals surface area contributed by atoms with Crippen LogP contribution in [0.5, 0.6) is 0 Å². The van der Waals surface area contributed by atoms with Gasteiger partial charge in [-0.3, -0.25) is 0 Å². The number of aryl methyl sites for hydroxylation is 5. The molecule has 0 unspecified atom stereocenters. The fourth-order valence-electron chi connectivity index (χ4n) is 28.8. The third-order valence-electron chi connectivity index (χ3n) is 36.8. The molecule has 9 aliphatic carbocycles. The summed E-state index contributed by atoms with van der Waals surface area (Å²) >= 11 is 0. The van der Waals surface area contributed by atoms with E-state index in [9.17, 15) is 0 Å². The number of benzene rings is 20. The Morgan fingerprint density at radius 3 is 0.834 bits per heavy atom. The molecule has 1 aromatic heterocycles. The van der Waals surface area contributed by atoms with Crippen molar-refractivity contribution >= 4 is 64.9 Å². The molecule has 0 fully saturated rings. The fraction of sp³-hybridized carbons (Fsp3) is 0.222. The Labute approximate surface area is 856 Å². The lowest BCUT2D eigenvalue weighted by molar-refractivity contribution is 0.639. The van der Waals surface area contributed by atoms with Crippen LogP contribution >= 0.6 is 0 Å². The lowest BCUT2D eigenvalue weighted by Gasteiger charge is -2.26. The second-order valence-electron chi connectivity index (χ2n) is 48.5. The number of nitrogens with zero attached hydrogens (tertiary/aromatic N) is 1. The second kappa shape index (κ2) is 30.9. The molecule has 0 saturated heterocycles. The Morgan fingerprint density at radius 2 is 0.421 bits per heavy atom. The predicted octanol–water partition coefficient (Wildman–Crippen LogP) is 38.4. The van der Waals surface area contributed by atoms with Crippen LogP contribution < -0.4 is 0 Å². The van der Waals surface area contributed by atoms with Crippen molar-refractivity contribution in [2.75, 3.05) is 0 Å². The largest absolute Gasteiger partial charge is 0.309 e. The molecule has 0 N–H and O–H groups in total. The number of hydrogen-bond donors (Lipinski definition) is 0. The van der Waals surface area contributed by atoms with Crippen molar-refractivity contribution in [1.82, 2.24) is 4.57 Å². The summed E-state index contributed by atoms with van der Waals surface area (Å²) in [6.45, 7) is 54.0. The van der Waals surface area contributed by atoms with E-state index in [0.717, 1.165) is 0 Å². The quantitative estimate of drug-likeness (QED) is 0.154. The van der Waals surface area contributed by atoms with Gasteiger partial charge in [-0.05, 0) is 362 Å². The highest BCUT2D eigenvalue weighted by Gasteiger charge is 2.49. The SMILES string of the molecule is Cc1cc2c(c3ccccc13)-c1cc3c(cc1C2(C)C)-c1c(ccc2ccccc12)C3(C)C.Cc1cc2c(c3ccccc13)-c1cc3c(cc1C2(C)C)-c1ccccc1C3(C)C.Cc1ccc2c(c1)C(C)(C)c1cc3c(cc1-2)-c1ccccc1C3(C)C.Cc1ccc2c(c1)C(C)(C)c1cc3c(cc1-2)C(C)(C)c1ccc2ccccc2c1-3.Cc1ccc2c(c1)C(C)(C)c1cc3c4ccccc4n(-c4ccccc4)c3cc1-2. The van der Waals surface area contributed by atoms with Crippen molar-refractivity contribution in [3.05, 3.63) is 480 Å². The van der Waals surface area contributed by atoms with Gasteiger partial charge in [-0.15, -0.1) is 0 Å². The minimum Gasteiger partial charge on any atom is -0.309 e. The summed E-state index contributed by atoms with van der Waals surface area (Å²) in [5.74, 6) is 0. The van der Waals surface area contributed by atoms with Crippen molar-refractivity contribution in [2.45, 2.75) is 208 Å². The molecule has 0 atom stereocenters. The Balaban J connectivity index is 0.0000000925. The van der Waals surface area contributed by atoms with E-state index in [1.807, 2.05) is 0 Å². The molecule has 0 aliphatic heterocycles. The smallest absolute Gasteiger partial charge is 0.0547 e. The zero-order valence-electron chi connectivity index (χ0n) is 88.4. The van der Waals surface area contributed by atoms with Crippen LogP contribution in [0.25, 0.3) is 171 Å². The molecular formula is C144H127N. The first-order chi connectivity index (χ1) is 69.3. The molecule has 0 bridgehead atoms. The average Bonchev–Trinajstić information content (AvgIpc) is 1.53. The van der Waals surface area contributed by atoms with E-state index in [1.165, 1.54) is 299 Å². The van der Waals surface area contributed by atoms with Gasteiger partial charge in [0.1, 0.15) is 0 Å². The van der Waals surface area contributed by atoms with Crippen LogP contribution in [-0.4, -0.2) is 4.57 Å². The highest BCUT2D eigenvalue weighted by molar-refractivity contribution is 6.14. The summed E-state index contributed by atoms with van der Waals surface area (Å²) in [4.78, 5) is 0. The number of para-hydroxylation sites is 2. The highest BCUT2D eigenvalue weighted by Crippen LogP contribution is 2.65. The van der Waals surface area contributed by atoms with Crippen molar-refractivity contribution in [3.63, 3.8) is 0 Å². The molecule has 21 aromatic rings. The Kier molecular flexibility index (Phi) is 19.2. The van der Waals surface area contributed by atoms with E-state index in [2.05, 4.69) is 516 Å². The van der Waals surface area contributed by atoms with Crippen molar-refractivity contribution in [1.29, 1.82) is 0 Å². The van der Waals surface area contributed by atoms with Crippen LogP contribution in [0.3, 0.4) is 0 Å². The van der Waals surface area contributed by atoms with Crippen LogP contribution in [0.4, 0.5) is 0 Å². The minimum atomic E-state index is -0.0219. The summed E-state index contributed by atoms with van der Waals surface area (Å²) in [6, 6.07) is 133. The van der Waals surface area contributed by atoms with E-state index in [1.54, 1.807) is 0 Å². The highest BCUT2D eigenvalue weighted by atomic mass is 15.0. The maximum atomic E-state index is 2.54. The first-order valence-corrected chi connectivity index (χ1v) is 52.8. The Hall–Kier alpha value is -14.8. The normalized spacial score (nSPS) is 16.5. The monoisotopic (exact) mass is 1870 g/mol. The lowest BCUT2D eigenvalue weighted by Crippen LogP contribution is -2.18. The fourth-order valence-corrected chi connectivity index (χ4v) is 28.8. The topological polar surface area (TPSA) is 4.93 Å². The summed E-state index contributed by atoms with van der Waals surface area (Å²) < 4.78 is 2.41. The molecule has 0 amide bonds. The van der Waals surface area contributed by atoms with Crippen LogP contribution in [0.15, 0.2) is 352 Å². The van der Waals surface area contributed by atoms with E-state index in [-0.39, 0.29) is 48.7 Å². The molecule has 30 rings (SSSR count). The molecule has 145 heavy (non-hydrogen) atoms. The minimum absolute atomic E-state index is 0.0101. The maximum Gasteiger partial charge on any atom is 0.0547 e. The summed E-state index contributed by atoms with van der Waals surface area (Å²) in [7, 11) is 0. The van der Waals surface area contributed by atoms with Gasteiger partial charge in [0.25, 0.3) is 0 Å². The molecule has 0 spiro atoms. The van der Waals surface area contributed by atoms with Crippen LogP contribution in [0, 0.1) is 34.6 Å². The summed E-state index contributed by atoms with van der Waals surface area (Å²) in [5.41, 5.74) is 62.5. The third-order valence-corrected chi connectivity index (χ3v) is 36.8. The van der Waals surface area contributed by atoms with Crippen LogP contribution in [0.2, 0.25) is 0 Å². The molecule has 1 nitrogen and oxygen atoms in total. The van der Waals surface area contributed by atoms with Gasteiger partial charge in [0.2, 0.25) is 0 Å². The number of rotatable bonds is 1. The third kappa shape index (κ3) is 12.6. The lowest BCUT2D eigenvalue weighted by atomic mass is 9.77. The van der Waals surface area contributed by atoms with Gasteiger partial charge in [-0.1, -0.05) is 420 Å². The van der Waals surface area contributed by atoms with Gasteiger partial charge < -0.3 is 4.57 Å². The Bertz CT molecular complexity index is 9300. The van der Waals surface area contributed by atoms with Crippen molar-refractivity contribution in [3.8, 4) is 106 Å². The number of hydrogen-bond acceptors (Lipinski definition) is 0. The summed E-state index contributed by atoms with van der Waals surface area (Å²) in [6.07, 6.45) is 0. The van der Waals surface area contributed by atoms with E-state index < -0.39 is 0 Å². The molecule has 708 valence electrons. The standard InChI is InChI=1S/C33H28.2C29H26.C28H23N.C25H24/c1-19-16-29-31(23-13-9-8-11-21(19)23)25-18-27-24(17-28(25)33(29,4)5)30-22-12-7-6-10-20(22)14-15-26(30)32(27,2)3;1-17-14-26-27(20-12-7-6-10-18(17)20)22-16-24-21(15-25(22)29(26,4)5)19-11-8-9-13-23(19)28(24,2)3;1-17-10-12-20-21-15-26-22(16-25(21)29(4,5)24(20)14-17)27-19-9-7-6-8-18(19)11-13-23(27)28(26,2)3;1-18-13-14-20-22-17-27-23(16-25(22)28(2,3)24(20)15-18)21-11-7-8-12-26(21)29(27)19-9-5-4-6-10-19;1-15-10-11-17-19-13-18-16-8-6-7-9-20(16)24(2,3)22(18)14-23(19)25(4,5)21(17)12-15/h6-18H,1-5H3;2*6-16H,1-5H3;4-17H,1-3H3;6-14H,1-5H3. The van der Waals surface area contributed by atoms with Crippen LogP contribution in [-0.2, 0) is 48.7 Å². The van der Waals surface area contributed by atoms with E-state index in [0.29, 0.717) is 0 Å². The van der Waals surface area contributed by atoms with Gasteiger partial charge in [-0.2, -0.15) is 0 Å². The maximum absolute atomic E-state index is 2.54. The van der Waals surface area contributed by atoms with Gasteiger partial charge in [0.05, 0.1) is 11.0 Å². The number of aromatic nitrogens is 1.